The number of rotatable bonds is 3. The molecular formula is C21H17N5O2. The molecule has 1 atom stereocenters. The number of hydrogen-bond acceptors (Lipinski definition) is 6. The van der Waals surface area contributed by atoms with Gasteiger partial charge in [-0.3, -0.25) is 14.8 Å². The molecule has 0 spiro atoms. The van der Waals surface area contributed by atoms with Crippen molar-refractivity contribution in [1.82, 2.24) is 14.5 Å². The van der Waals surface area contributed by atoms with Gasteiger partial charge in [0.1, 0.15) is 17.4 Å². The van der Waals surface area contributed by atoms with Gasteiger partial charge < -0.3 is 15.0 Å². The first-order valence-corrected chi connectivity index (χ1v) is 8.72. The fraction of sp³-hybridized carbons (Fsp3) is 0.143. The number of aryl methyl sites for hydroxylation is 1. The summed E-state index contributed by atoms with van der Waals surface area (Å²) in [5.74, 6) is -0.263. The lowest BCUT2D eigenvalue weighted by molar-refractivity contribution is 0.388. The second-order valence-electron chi connectivity index (χ2n) is 6.49. The molecule has 0 aromatic carbocycles. The smallest absolute Gasteiger partial charge is 0.259 e. The van der Waals surface area contributed by atoms with Gasteiger partial charge in [-0.15, -0.1) is 0 Å². The first-order valence-electron chi connectivity index (χ1n) is 8.72. The molecule has 0 unspecified atom stereocenters. The van der Waals surface area contributed by atoms with E-state index in [4.69, 9.17) is 10.5 Å². The Labute approximate surface area is 161 Å². The molecule has 0 saturated heterocycles. The SMILES string of the molecule is Cc1cc2c(c(=O)n1Cc1ccccn1)[C@@H](c1cccnc1)C(C#N)=C(N)O2. The van der Waals surface area contributed by atoms with Crippen LogP contribution in [0, 0.1) is 18.3 Å². The number of nitrogens with zero attached hydrogens (tertiary/aromatic N) is 4. The van der Waals surface area contributed by atoms with E-state index in [1.807, 2.05) is 31.2 Å². The van der Waals surface area contributed by atoms with Gasteiger partial charge in [0.05, 0.1) is 23.7 Å². The molecular weight excluding hydrogens is 354 g/mol. The van der Waals surface area contributed by atoms with Crippen molar-refractivity contribution in [3.05, 3.63) is 99.3 Å². The van der Waals surface area contributed by atoms with Crippen molar-refractivity contribution in [2.24, 2.45) is 5.73 Å². The van der Waals surface area contributed by atoms with Crippen LogP contribution >= 0.6 is 0 Å². The Balaban J connectivity index is 1.93. The Morgan fingerprint density at radius 1 is 1.29 bits per heavy atom. The zero-order valence-corrected chi connectivity index (χ0v) is 15.2. The van der Waals surface area contributed by atoms with Crippen LogP contribution in [-0.2, 0) is 6.54 Å². The van der Waals surface area contributed by atoms with E-state index in [1.165, 1.54) is 0 Å². The molecule has 0 fully saturated rings. The third-order valence-electron chi connectivity index (χ3n) is 4.75. The number of allylic oxidation sites excluding steroid dienone is 1. The Hall–Kier alpha value is -3.92. The van der Waals surface area contributed by atoms with Crippen LogP contribution < -0.4 is 16.0 Å². The maximum absolute atomic E-state index is 13.5. The lowest BCUT2D eigenvalue weighted by atomic mass is 9.85. The van der Waals surface area contributed by atoms with Gasteiger partial charge in [-0.25, -0.2) is 0 Å². The molecule has 1 aliphatic rings. The number of aromatic nitrogens is 3. The second kappa shape index (κ2) is 7.00. The number of nitrogens with two attached hydrogens (primary N) is 1. The molecule has 0 radical (unpaired) electrons. The van der Waals surface area contributed by atoms with Crippen molar-refractivity contribution in [1.29, 1.82) is 5.26 Å². The maximum atomic E-state index is 13.5. The van der Waals surface area contributed by atoms with Gasteiger partial charge in [0.25, 0.3) is 5.56 Å². The van der Waals surface area contributed by atoms with Crippen LogP contribution in [0.1, 0.15) is 28.4 Å². The summed E-state index contributed by atoms with van der Waals surface area (Å²) in [5, 5.41) is 9.66. The molecule has 1 aliphatic heterocycles. The van der Waals surface area contributed by atoms with E-state index in [0.717, 1.165) is 5.69 Å². The third kappa shape index (κ3) is 2.91. The fourth-order valence-electron chi connectivity index (χ4n) is 3.42. The van der Waals surface area contributed by atoms with Crippen LogP contribution in [-0.4, -0.2) is 14.5 Å². The van der Waals surface area contributed by atoms with Crippen LogP contribution in [0.4, 0.5) is 0 Å². The van der Waals surface area contributed by atoms with E-state index in [-0.39, 0.29) is 17.0 Å². The summed E-state index contributed by atoms with van der Waals surface area (Å²) >= 11 is 0. The van der Waals surface area contributed by atoms with E-state index >= 15 is 0 Å². The zero-order chi connectivity index (χ0) is 19.7. The van der Waals surface area contributed by atoms with Gasteiger partial charge in [-0.05, 0) is 30.7 Å². The van der Waals surface area contributed by atoms with Crippen LogP contribution in [0.2, 0.25) is 0 Å². The van der Waals surface area contributed by atoms with E-state index < -0.39 is 5.92 Å². The average Bonchev–Trinajstić information content (AvgIpc) is 2.71. The summed E-state index contributed by atoms with van der Waals surface area (Å²) in [4.78, 5) is 21.9. The quantitative estimate of drug-likeness (QED) is 0.756. The molecule has 4 rings (SSSR count). The average molecular weight is 371 g/mol. The normalized spacial score (nSPS) is 15.5. The highest BCUT2D eigenvalue weighted by atomic mass is 16.5. The molecule has 7 heteroatoms. The highest BCUT2D eigenvalue weighted by molar-refractivity contribution is 5.54. The van der Waals surface area contributed by atoms with Crippen LogP contribution in [0.3, 0.4) is 0 Å². The van der Waals surface area contributed by atoms with Crippen molar-refractivity contribution in [3.8, 4) is 11.8 Å². The highest BCUT2D eigenvalue weighted by Gasteiger charge is 2.34. The minimum absolute atomic E-state index is 0.00475. The number of fused-ring (bicyclic) bond motifs is 1. The Morgan fingerprint density at radius 2 is 2.14 bits per heavy atom. The first kappa shape index (κ1) is 17.5. The van der Waals surface area contributed by atoms with Gasteiger partial charge >= 0.3 is 0 Å². The Morgan fingerprint density at radius 3 is 2.82 bits per heavy atom. The summed E-state index contributed by atoms with van der Waals surface area (Å²) in [6, 6.07) is 13.0. The predicted octanol–water partition coefficient (Wildman–Crippen LogP) is 2.21. The van der Waals surface area contributed by atoms with E-state index in [2.05, 4.69) is 16.0 Å². The predicted molar refractivity (Wildman–Crippen MR) is 102 cm³/mol. The van der Waals surface area contributed by atoms with Gasteiger partial charge in [-0.2, -0.15) is 5.26 Å². The van der Waals surface area contributed by atoms with Crippen molar-refractivity contribution in [2.45, 2.75) is 19.4 Å². The number of ether oxygens (including phenoxy) is 1. The monoisotopic (exact) mass is 371 g/mol. The lowest BCUT2D eigenvalue weighted by Gasteiger charge is -2.27. The van der Waals surface area contributed by atoms with Crippen LogP contribution in [0.5, 0.6) is 5.75 Å². The summed E-state index contributed by atoms with van der Waals surface area (Å²) in [6.07, 6.45) is 4.96. The largest absolute Gasteiger partial charge is 0.440 e. The maximum Gasteiger partial charge on any atom is 0.259 e. The molecule has 7 nitrogen and oxygen atoms in total. The van der Waals surface area contributed by atoms with Crippen molar-refractivity contribution in [3.63, 3.8) is 0 Å². The summed E-state index contributed by atoms with van der Waals surface area (Å²) in [6.45, 7) is 2.15. The zero-order valence-electron chi connectivity index (χ0n) is 15.2. The Bertz CT molecular complexity index is 1160. The molecule has 0 amide bonds. The minimum Gasteiger partial charge on any atom is -0.440 e. The molecule has 28 heavy (non-hydrogen) atoms. The molecule has 3 aromatic rings. The van der Waals surface area contributed by atoms with Crippen LogP contribution in [0.25, 0.3) is 0 Å². The van der Waals surface area contributed by atoms with Gasteiger partial charge in [-0.1, -0.05) is 12.1 Å². The fourth-order valence-corrected chi connectivity index (χ4v) is 3.42. The highest BCUT2D eigenvalue weighted by Crippen LogP contribution is 2.40. The summed E-state index contributed by atoms with van der Waals surface area (Å²) < 4.78 is 7.27. The number of nitriles is 1. The van der Waals surface area contributed by atoms with Gasteiger partial charge in [0.15, 0.2) is 0 Å². The molecule has 2 N–H and O–H groups in total. The van der Waals surface area contributed by atoms with Gasteiger partial charge in [0, 0.05) is 30.4 Å². The molecule has 4 heterocycles. The molecule has 0 bridgehead atoms. The topological polar surface area (TPSA) is 107 Å². The van der Waals surface area contributed by atoms with Gasteiger partial charge in [0.2, 0.25) is 5.88 Å². The third-order valence-corrected chi connectivity index (χ3v) is 4.75. The van der Waals surface area contributed by atoms with E-state index in [9.17, 15) is 10.1 Å². The van der Waals surface area contributed by atoms with Crippen molar-refractivity contribution >= 4 is 0 Å². The van der Waals surface area contributed by atoms with Crippen molar-refractivity contribution in [2.75, 3.05) is 0 Å². The lowest BCUT2D eigenvalue weighted by Crippen LogP contribution is -2.33. The Kier molecular flexibility index (Phi) is 4.38. The molecule has 0 aliphatic carbocycles. The summed E-state index contributed by atoms with van der Waals surface area (Å²) in [7, 11) is 0. The standard InChI is InChI=1S/C21H17N5O2/c1-13-9-17-19(21(27)26(13)12-15-6-2-3-8-25-15)18(14-5-4-7-24-11-14)16(10-22)20(23)28-17/h2-9,11,18H,12,23H2,1H3/t18-/m0/s1. The number of pyridine rings is 3. The van der Waals surface area contributed by atoms with E-state index in [1.54, 1.807) is 35.3 Å². The minimum atomic E-state index is -0.634. The van der Waals surface area contributed by atoms with Crippen molar-refractivity contribution < 1.29 is 4.74 Å². The second-order valence-corrected chi connectivity index (χ2v) is 6.49. The summed E-state index contributed by atoms with van der Waals surface area (Å²) in [5.41, 5.74) is 8.51. The molecule has 138 valence electrons. The molecule has 0 saturated carbocycles. The number of hydrogen-bond donors (Lipinski definition) is 1. The van der Waals surface area contributed by atoms with Crippen LogP contribution in [0.15, 0.2) is 71.2 Å². The first-order chi connectivity index (χ1) is 13.6. The molecule has 3 aromatic heterocycles. The van der Waals surface area contributed by atoms with E-state index in [0.29, 0.717) is 29.1 Å².